The van der Waals surface area contributed by atoms with Gasteiger partial charge in [0.1, 0.15) is 31.0 Å². The van der Waals surface area contributed by atoms with E-state index >= 15 is 0 Å². The van der Waals surface area contributed by atoms with E-state index in [9.17, 15) is 5.11 Å². The van der Waals surface area contributed by atoms with E-state index in [1.165, 1.54) is 0 Å². The summed E-state index contributed by atoms with van der Waals surface area (Å²) in [5, 5.41) is 11.7. The molecule has 0 aromatic heterocycles. The molecule has 2 rings (SSSR count). The van der Waals surface area contributed by atoms with Crippen molar-refractivity contribution in [3.63, 3.8) is 0 Å². The third-order valence-electron chi connectivity index (χ3n) is 5.35. The Bertz CT molecular complexity index is 471. The number of hydrogen-bond acceptors (Lipinski definition) is 5. The molecule has 2 aliphatic rings. The number of rotatable bonds is 5. The zero-order chi connectivity index (χ0) is 19.3. The minimum absolute atomic E-state index is 0.115. The van der Waals surface area contributed by atoms with E-state index in [1.54, 1.807) is 0 Å². The van der Waals surface area contributed by atoms with Gasteiger partial charge >= 0.3 is 0 Å². The minimum Gasteiger partial charge on any atom is -0.414 e. The Morgan fingerprint density at radius 2 is 1.32 bits per heavy atom. The smallest absolute Gasteiger partial charge is 0.192 e. The third kappa shape index (κ3) is 4.83. The van der Waals surface area contributed by atoms with E-state index < -0.39 is 32.1 Å². The Hall–Kier alpha value is -0.0231. The predicted molar refractivity (Wildman–Crippen MR) is 96.4 cm³/mol. The van der Waals surface area contributed by atoms with Gasteiger partial charge in [-0.3, -0.25) is 0 Å². The highest BCUT2D eigenvalue weighted by molar-refractivity contribution is 6.74. The molecular weight excluding hydrogens is 340 g/mol. The molecular formula is C18H35O6Si. The molecule has 2 heterocycles. The van der Waals surface area contributed by atoms with Crippen LogP contribution in [0.2, 0.25) is 18.1 Å². The quantitative estimate of drug-likeness (QED) is 0.688. The Balaban J connectivity index is 2.13. The van der Waals surface area contributed by atoms with E-state index in [4.69, 9.17) is 23.4 Å². The molecule has 0 amide bonds. The summed E-state index contributed by atoms with van der Waals surface area (Å²) in [6.07, 6.45) is -1.68. The fourth-order valence-corrected chi connectivity index (χ4v) is 4.06. The second-order valence-corrected chi connectivity index (χ2v) is 14.3. The first kappa shape index (κ1) is 21.3. The normalized spacial score (nSPS) is 35.3. The van der Waals surface area contributed by atoms with Crippen LogP contribution in [0.15, 0.2) is 0 Å². The summed E-state index contributed by atoms with van der Waals surface area (Å²) in [6, 6.07) is 0. The summed E-state index contributed by atoms with van der Waals surface area (Å²) in [5.41, 5.74) is 0. The lowest BCUT2D eigenvalue weighted by Gasteiger charge is -2.37. The van der Waals surface area contributed by atoms with Gasteiger partial charge in [-0.2, -0.15) is 0 Å². The first-order chi connectivity index (χ1) is 11.2. The highest BCUT2D eigenvalue weighted by atomic mass is 28.4. The van der Waals surface area contributed by atoms with Gasteiger partial charge < -0.3 is 23.4 Å². The fourth-order valence-electron chi connectivity index (χ4n) is 3.05. The maximum absolute atomic E-state index is 11.6. The van der Waals surface area contributed by atoms with Crippen LogP contribution in [-0.4, -0.2) is 57.5 Å². The molecule has 2 aliphatic heterocycles. The molecule has 2 fully saturated rings. The molecule has 0 aromatic rings. The zero-order valence-corrected chi connectivity index (χ0v) is 18.2. The second kappa shape index (κ2) is 6.85. The standard InChI is InChI=1S/C18H35O6Si/c1-16(2,3)25(8,9)20-11-13-15(24-18(6,7)22-13)14-12(10-19)21-17(4,5)23-14/h12-15H,10-11H2,1-9H3/t12-,13-,14-,15-/m1/s1. The van der Waals surface area contributed by atoms with E-state index in [0.717, 1.165) is 0 Å². The van der Waals surface area contributed by atoms with Gasteiger partial charge in [-0.25, -0.2) is 5.11 Å². The molecule has 0 N–H and O–H groups in total. The molecule has 0 aromatic carbocycles. The first-order valence-corrected chi connectivity index (χ1v) is 12.0. The summed E-state index contributed by atoms with van der Waals surface area (Å²) in [5.74, 6) is -1.53. The van der Waals surface area contributed by atoms with Crippen molar-refractivity contribution >= 4 is 8.32 Å². The van der Waals surface area contributed by atoms with Gasteiger partial charge in [0.05, 0.1) is 6.61 Å². The van der Waals surface area contributed by atoms with Crippen LogP contribution in [0.25, 0.3) is 0 Å². The van der Waals surface area contributed by atoms with Crippen LogP contribution in [0.5, 0.6) is 0 Å². The highest BCUT2D eigenvalue weighted by Gasteiger charge is 2.54. The van der Waals surface area contributed by atoms with E-state index in [-0.39, 0.29) is 23.9 Å². The molecule has 7 heteroatoms. The van der Waals surface area contributed by atoms with Crippen molar-refractivity contribution in [3.8, 4) is 0 Å². The van der Waals surface area contributed by atoms with Gasteiger partial charge in [-0.1, -0.05) is 20.8 Å². The lowest BCUT2D eigenvalue weighted by Crippen LogP contribution is -2.48. The molecule has 2 saturated heterocycles. The number of hydrogen-bond donors (Lipinski definition) is 0. The molecule has 147 valence electrons. The van der Waals surface area contributed by atoms with Crippen LogP contribution in [0, 0.1) is 0 Å². The Morgan fingerprint density at radius 3 is 1.76 bits per heavy atom. The van der Waals surface area contributed by atoms with Crippen molar-refractivity contribution in [2.75, 3.05) is 13.2 Å². The number of ether oxygens (including phenoxy) is 4. The van der Waals surface area contributed by atoms with Crippen LogP contribution in [0.4, 0.5) is 0 Å². The fraction of sp³-hybridized carbons (Fsp3) is 1.00. The van der Waals surface area contributed by atoms with Crippen LogP contribution in [-0.2, 0) is 28.5 Å². The largest absolute Gasteiger partial charge is 0.414 e. The SMILES string of the molecule is CC1(C)O[C@@H]([C@@H]2OC(C)(C)O[C@@H]2CO[Si](C)(C)C(C)(C)C)[C@@H](C[O])O1. The Labute approximate surface area is 153 Å². The van der Waals surface area contributed by atoms with E-state index in [1.807, 2.05) is 27.7 Å². The zero-order valence-electron chi connectivity index (χ0n) is 17.2. The van der Waals surface area contributed by atoms with Crippen LogP contribution >= 0.6 is 0 Å². The molecule has 0 spiro atoms. The van der Waals surface area contributed by atoms with Gasteiger partial charge in [0.15, 0.2) is 19.9 Å². The average molecular weight is 376 g/mol. The summed E-state index contributed by atoms with van der Waals surface area (Å²) in [7, 11) is -1.91. The summed E-state index contributed by atoms with van der Waals surface area (Å²) >= 11 is 0. The van der Waals surface area contributed by atoms with E-state index in [0.29, 0.717) is 6.61 Å². The molecule has 0 bridgehead atoms. The van der Waals surface area contributed by atoms with Crippen molar-refractivity contribution in [1.82, 2.24) is 0 Å². The molecule has 0 aliphatic carbocycles. The third-order valence-corrected chi connectivity index (χ3v) is 9.85. The lowest BCUT2D eigenvalue weighted by molar-refractivity contribution is -0.175. The van der Waals surface area contributed by atoms with Crippen LogP contribution in [0.3, 0.4) is 0 Å². The summed E-state index contributed by atoms with van der Waals surface area (Å²) < 4.78 is 30.2. The minimum atomic E-state index is -1.91. The topological polar surface area (TPSA) is 66.0 Å². The molecule has 6 nitrogen and oxygen atoms in total. The maximum atomic E-state index is 11.6. The monoisotopic (exact) mass is 375 g/mol. The maximum Gasteiger partial charge on any atom is 0.192 e. The molecule has 0 saturated carbocycles. The van der Waals surface area contributed by atoms with Crippen molar-refractivity contribution in [3.05, 3.63) is 0 Å². The van der Waals surface area contributed by atoms with Gasteiger partial charge in [-0.05, 0) is 45.8 Å². The van der Waals surface area contributed by atoms with Crippen molar-refractivity contribution in [1.29, 1.82) is 0 Å². The van der Waals surface area contributed by atoms with E-state index in [2.05, 4.69) is 33.9 Å². The van der Waals surface area contributed by atoms with Crippen LogP contribution < -0.4 is 0 Å². The van der Waals surface area contributed by atoms with Gasteiger partial charge in [0.2, 0.25) is 0 Å². The molecule has 4 atom stereocenters. The molecule has 25 heavy (non-hydrogen) atoms. The predicted octanol–water partition coefficient (Wildman–Crippen LogP) is 3.48. The summed E-state index contributed by atoms with van der Waals surface area (Å²) in [6.45, 7) is 18.5. The van der Waals surface area contributed by atoms with Crippen molar-refractivity contribution in [2.45, 2.75) is 103 Å². The van der Waals surface area contributed by atoms with Gasteiger partial charge in [0.25, 0.3) is 0 Å². The van der Waals surface area contributed by atoms with Crippen LogP contribution in [0.1, 0.15) is 48.5 Å². The lowest BCUT2D eigenvalue weighted by atomic mass is 10.0. The van der Waals surface area contributed by atoms with Crippen molar-refractivity contribution < 1.29 is 28.5 Å². The average Bonchev–Trinajstić information content (AvgIpc) is 2.90. The Morgan fingerprint density at radius 1 is 0.880 bits per heavy atom. The molecule has 1 radical (unpaired) electrons. The second-order valence-electron chi connectivity index (χ2n) is 9.52. The van der Waals surface area contributed by atoms with Gasteiger partial charge in [0, 0.05) is 0 Å². The van der Waals surface area contributed by atoms with Crippen molar-refractivity contribution in [2.24, 2.45) is 0 Å². The first-order valence-electron chi connectivity index (χ1n) is 9.11. The highest BCUT2D eigenvalue weighted by Crippen LogP contribution is 2.40. The molecule has 0 unspecified atom stereocenters. The van der Waals surface area contributed by atoms with Gasteiger partial charge in [-0.15, -0.1) is 0 Å². The summed E-state index contributed by atoms with van der Waals surface area (Å²) in [4.78, 5) is 0. The Kier molecular flexibility index (Phi) is 5.83.